The first-order valence-electron chi connectivity index (χ1n) is 9.24. The highest BCUT2D eigenvalue weighted by Crippen LogP contribution is 2.63. The number of fused-ring (bicyclic) bond motifs is 5. The summed E-state index contributed by atoms with van der Waals surface area (Å²) in [6, 6.07) is 0. The van der Waals surface area contributed by atoms with Gasteiger partial charge in [-0.25, -0.2) is 0 Å². The number of ketones is 2. The van der Waals surface area contributed by atoms with Gasteiger partial charge in [-0.2, -0.15) is 0 Å². The zero-order valence-corrected chi connectivity index (χ0v) is 13.9. The molecule has 4 rings (SSSR count). The molecule has 0 spiro atoms. The second kappa shape index (κ2) is 5.04. The van der Waals surface area contributed by atoms with E-state index in [1.807, 2.05) is 6.08 Å². The van der Waals surface area contributed by atoms with E-state index in [0.29, 0.717) is 23.4 Å². The third-order valence-electron chi connectivity index (χ3n) is 7.79. The van der Waals surface area contributed by atoms with Crippen LogP contribution in [0.3, 0.4) is 0 Å². The first-order valence-corrected chi connectivity index (χ1v) is 9.24. The third kappa shape index (κ3) is 1.98. The molecular weight excluding hydrogens is 272 g/mol. The van der Waals surface area contributed by atoms with Gasteiger partial charge in [0.05, 0.1) is 0 Å². The van der Waals surface area contributed by atoms with E-state index in [1.54, 1.807) is 6.92 Å². The summed E-state index contributed by atoms with van der Waals surface area (Å²) >= 11 is 0. The Morgan fingerprint density at radius 1 is 1.09 bits per heavy atom. The predicted molar refractivity (Wildman–Crippen MR) is 86.3 cm³/mol. The van der Waals surface area contributed by atoms with Crippen molar-refractivity contribution in [2.75, 3.05) is 0 Å². The summed E-state index contributed by atoms with van der Waals surface area (Å²) in [5.41, 5.74) is 1.72. The van der Waals surface area contributed by atoms with E-state index < -0.39 is 0 Å². The second-order valence-electron chi connectivity index (χ2n) is 8.59. The lowest BCUT2D eigenvalue weighted by Crippen LogP contribution is -2.47. The van der Waals surface area contributed by atoms with E-state index in [4.69, 9.17) is 0 Å². The Balaban J connectivity index is 1.62. The van der Waals surface area contributed by atoms with Gasteiger partial charge in [0, 0.05) is 12.3 Å². The van der Waals surface area contributed by atoms with Crippen molar-refractivity contribution >= 4 is 11.6 Å². The second-order valence-corrected chi connectivity index (χ2v) is 8.59. The van der Waals surface area contributed by atoms with Gasteiger partial charge in [0.1, 0.15) is 5.78 Å². The molecule has 0 aromatic carbocycles. The zero-order chi connectivity index (χ0) is 15.5. The number of hydrogen-bond acceptors (Lipinski definition) is 2. The van der Waals surface area contributed by atoms with Crippen molar-refractivity contribution < 1.29 is 9.59 Å². The molecule has 0 amide bonds. The fraction of sp³-hybridized carbons (Fsp3) is 0.800. The van der Waals surface area contributed by atoms with Gasteiger partial charge in [-0.3, -0.25) is 9.59 Å². The summed E-state index contributed by atoms with van der Waals surface area (Å²) in [7, 11) is 0. The number of allylic oxidation sites excluding steroid dienone is 1. The first kappa shape index (κ1) is 14.7. The van der Waals surface area contributed by atoms with Gasteiger partial charge in [-0.15, -0.1) is 0 Å². The minimum atomic E-state index is 0.263. The summed E-state index contributed by atoms with van der Waals surface area (Å²) in [4.78, 5) is 23.8. The Bertz CT molecular complexity index is 546. The molecule has 0 radical (unpaired) electrons. The molecule has 4 aliphatic rings. The predicted octanol–water partition coefficient (Wildman–Crippen LogP) is 4.33. The SMILES string of the molecule is CC(=O)C1CCC2C3CCC4=CC(=O)CCC4C3CC[C@]12C. The van der Waals surface area contributed by atoms with Crippen LogP contribution in [0.1, 0.15) is 65.2 Å². The molecule has 3 saturated carbocycles. The third-order valence-corrected chi connectivity index (χ3v) is 7.79. The molecule has 3 fully saturated rings. The van der Waals surface area contributed by atoms with E-state index in [1.165, 1.54) is 31.3 Å². The van der Waals surface area contributed by atoms with Gasteiger partial charge in [0.25, 0.3) is 0 Å². The summed E-state index contributed by atoms with van der Waals surface area (Å²) < 4.78 is 0. The van der Waals surface area contributed by atoms with Crippen LogP contribution in [-0.2, 0) is 9.59 Å². The van der Waals surface area contributed by atoms with Crippen LogP contribution in [0, 0.1) is 35.0 Å². The Kier molecular flexibility index (Phi) is 3.36. The Morgan fingerprint density at radius 2 is 1.91 bits per heavy atom. The fourth-order valence-corrected chi connectivity index (χ4v) is 6.85. The maximum atomic E-state index is 12.1. The molecule has 0 aromatic heterocycles. The summed E-state index contributed by atoms with van der Waals surface area (Å²) in [5.74, 6) is 4.10. The van der Waals surface area contributed by atoms with E-state index in [2.05, 4.69) is 6.92 Å². The molecule has 4 aliphatic carbocycles. The monoisotopic (exact) mass is 300 g/mol. The lowest BCUT2D eigenvalue weighted by molar-refractivity contribution is -0.127. The van der Waals surface area contributed by atoms with Crippen molar-refractivity contribution in [1.29, 1.82) is 0 Å². The highest BCUT2D eigenvalue weighted by atomic mass is 16.1. The van der Waals surface area contributed by atoms with Crippen LogP contribution in [0.4, 0.5) is 0 Å². The zero-order valence-electron chi connectivity index (χ0n) is 13.9. The van der Waals surface area contributed by atoms with Crippen molar-refractivity contribution in [3.63, 3.8) is 0 Å². The standard InChI is InChI=1S/C20H28O2/c1-12(21)18-7-8-19-17-5-3-13-11-14(22)4-6-15(13)16(17)9-10-20(18,19)2/h11,15-19H,3-10H2,1-2H3/t15?,16?,17?,18?,19?,20-/m1/s1. The van der Waals surface area contributed by atoms with Crippen molar-refractivity contribution in [2.24, 2.45) is 35.0 Å². The van der Waals surface area contributed by atoms with E-state index in [0.717, 1.165) is 43.4 Å². The minimum Gasteiger partial charge on any atom is -0.300 e. The van der Waals surface area contributed by atoms with Crippen LogP contribution in [0.2, 0.25) is 0 Å². The molecule has 0 N–H and O–H groups in total. The Labute approximate surface area is 133 Å². The molecule has 2 heteroatoms. The molecule has 0 bridgehead atoms. The fourth-order valence-electron chi connectivity index (χ4n) is 6.85. The van der Waals surface area contributed by atoms with Gasteiger partial charge in [-0.1, -0.05) is 12.5 Å². The van der Waals surface area contributed by atoms with Gasteiger partial charge in [0.2, 0.25) is 0 Å². The van der Waals surface area contributed by atoms with Gasteiger partial charge >= 0.3 is 0 Å². The van der Waals surface area contributed by atoms with Gasteiger partial charge in [-0.05, 0) is 87.0 Å². The average molecular weight is 300 g/mol. The van der Waals surface area contributed by atoms with Crippen molar-refractivity contribution in [1.82, 2.24) is 0 Å². The molecule has 120 valence electrons. The number of rotatable bonds is 1. The highest BCUT2D eigenvalue weighted by Gasteiger charge is 2.57. The molecule has 0 aromatic rings. The van der Waals surface area contributed by atoms with E-state index in [9.17, 15) is 9.59 Å². The smallest absolute Gasteiger partial charge is 0.155 e. The van der Waals surface area contributed by atoms with Crippen LogP contribution in [0.15, 0.2) is 11.6 Å². The Morgan fingerprint density at radius 3 is 2.68 bits per heavy atom. The lowest BCUT2D eigenvalue weighted by Gasteiger charge is -2.53. The molecule has 0 aliphatic heterocycles. The van der Waals surface area contributed by atoms with Crippen LogP contribution >= 0.6 is 0 Å². The van der Waals surface area contributed by atoms with Gasteiger partial charge in [0.15, 0.2) is 5.78 Å². The summed E-state index contributed by atoms with van der Waals surface area (Å²) in [5, 5.41) is 0. The first-order chi connectivity index (χ1) is 10.5. The summed E-state index contributed by atoms with van der Waals surface area (Å²) in [6.07, 6.45) is 11.1. The number of Topliss-reactive ketones (excluding diaryl/α,β-unsaturated/α-hetero) is 1. The van der Waals surface area contributed by atoms with Crippen LogP contribution in [0.5, 0.6) is 0 Å². The van der Waals surface area contributed by atoms with E-state index in [-0.39, 0.29) is 5.41 Å². The Hall–Kier alpha value is -0.920. The largest absolute Gasteiger partial charge is 0.300 e. The van der Waals surface area contributed by atoms with Gasteiger partial charge < -0.3 is 0 Å². The van der Waals surface area contributed by atoms with Crippen LogP contribution in [0.25, 0.3) is 0 Å². The maximum Gasteiger partial charge on any atom is 0.155 e. The van der Waals surface area contributed by atoms with E-state index >= 15 is 0 Å². The molecule has 6 atom stereocenters. The molecule has 5 unspecified atom stereocenters. The van der Waals surface area contributed by atoms with Crippen molar-refractivity contribution in [3.8, 4) is 0 Å². The number of hydrogen-bond donors (Lipinski definition) is 0. The van der Waals surface area contributed by atoms with Crippen LogP contribution < -0.4 is 0 Å². The molecule has 2 nitrogen and oxygen atoms in total. The number of carbonyl (C=O) groups excluding carboxylic acids is 2. The molecule has 22 heavy (non-hydrogen) atoms. The summed E-state index contributed by atoms with van der Waals surface area (Å²) in [6.45, 7) is 4.21. The number of carbonyl (C=O) groups is 2. The van der Waals surface area contributed by atoms with Crippen molar-refractivity contribution in [2.45, 2.75) is 65.2 Å². The molecule has 0 heterocycles. The quantitative estimate of drug-likeness (QED) is 0.722. The minimum absolute atomic E-state index is 0.263. The molecule has 0 saturated heterocycles. The average Bonchev–Trinajstić information content (AvgIpc) is 2.84. The molecular formula is C20H28O2. The van der Waals surface area contributed by atoms with Crippen LogP contribution in [-0.4, -0.2) is 11.6 Å². The maximum absolute atomic E-state index is 12.1. The normalized spacial score (nSPS) is 47.3. The topological polar surface area (TPSA) is 34.1 Å². The highest BCUT2D eigenvalue weighted by molar-refractivity contribution is 5.91. The van der Waals surface area contributed by atoms with Crippen molar-refractivity contribution in [3.05, 3.63) is 11.6 Å². The lowest BCUT2D eigenvalue weighted by atomic mass is 9.51.